The minimum Gasteiger partial charge on any atom is -0.350 e. The number of rotatable bonds is 5. The summed E-state index contributed by atoms with van der Waals surface area (Å²) in [4.78, 5) is 27.8. The molecule has 1 aromatic carbocycles. The first-order chi connectivity index (χ1) is 11.8. The number of hydrogen-bond donors (Lipinski definition) is 2. The van der Waals surface area contributed by atoms with E-state index in [1.807, 2.05) is 0 Å². The van der Waals surface area contributed by atoms with Gasteiger partial charge in [-0.3, -0.25) is 9.59 Å². The van der Waals surface area contributed by atoms with Gasteiger partial charge in [0.25, 0.3) is 5.91 Å². The van der Waals surface area contributed by atoms with Gasteiger partial charge in [0.1, 0.15) is 10.8 Å². The second kappa shape index (κ2) is 9.05. The van der Waals surface area contributed by atoms with Gasteiger partial charge < -0.3 is 10.6 Å². The number of pyridine rings is 1. The highest BCUT2D eigenvalue weighted by Crippen LogP contribution is 2.35. The van der Waals surface area contributed by atoms with Gasteiger partial charge in [-0.2, -0.15) is 0 Å². The number of nitrogens with one attached hydrogen (secondary N) is 2. The first-order valence-corrected chi connectivity index (χ1v) is 9.13. The summed E-state index contributed by atoms with van der Waals surface area (Å²) in [5, 5.41) is 4.91. The lowest BCUT2D eigenvalue weighted by atomic mass is 10.3. The number of nitrogens with zero attached hydrogens (tertiary/aromatic N) is 1. The lowest BCUT2D eigenvalue weighted by Gasteiger charge is -2.09. The maximum atomic E-state index is 12.1. The largest absolute Gasteiger partial charge is 0.350 e. The van der Waals surface area contributed by atoms with Crippen LogP contribution in [0.15, 0.2) is 28.7 Å². The fourth-order valence-corrected chi connectivity index (χ4v) is 2.85. The Morgan fingerprint density at radius 3 is 2.28 bits per heavy atom. The first kappa shape index (κ1) is 20.3. The second-order valence-electron chi connectivity index (χ2n) is 4.75. The summed E-state index contributed by atoms with van der Waals surface area (Å²) in [6.07, 6.45) is 0.0640. The van der Waals surface area contributed by atoms with Gasteiger partial charge in [-0.15, -0.1) is 0 Å². The lowest BCUT2D eigenvalue weighted by molar-refractivity contribution is -0.116. The molecule has 0 aliphatic rings. The Morgan fingerprint density at radius 1 is 1.00 bits per heavy atom. The average molecular weight is 486 g/mol. The maximum Gasteiger partial charge on any atom is 0.271 e. The normalized spacial score (nSPS) is 10.4. The SMILES string of the molecule is O=C(CCNC(=O)c1nc(Cl)c(Cl)c(Cl)c1Cl)Nc1ccc(Br)cc1. The van der Waals surface area contributed by atoms with Crippen LogP contribution < -0.4 is 10.6 Å². The fraction of sp³-hybridized carbons (Fsp3) is 0.133. The van der Waals surface area contributed by atoms with Crippen LogP contribution in [0.5, 0.6) is 0 Å². The third-order valence-electron chi connectivity index (χ3n) is 2.97. The van der Waals surface area contributed by atoms with Crippen molar-refractivity contribution in [3.8, 4) is 0 Å². The molecule has 132 valence electrons. The fourth-order valence-electron chi connectivity index (χ4n) is 1.77. The van der Waals surface area contributed by atoms with Crippen molar-refractivity contribution in [2.45, 2.75) is 6.42 Å². The predicted molar refractivity (Wildman–Crippen MR) is 104 cm³/mol. The molecule has 2 N–H and O–H groups in total. The molecule has 2 amide bonds. The summed E-state index contributed by atoms with van der Waals surface area (Å²) >= 11 is 26.7. The molecule has 0 aliphatic carbocycles. The molecule has 0 saturated heterocycles. The van der Waals surface area contributed by atoms with E-state index in [2.05, 4.69) is 31.5 Å². The number of amides is 2. The molecule has 0 aliphatic heterocycles. The van der Waals surface area contributed by atoms with E-state index < -0.39 is 5.91 Å². The number of hydrogen-bond acceptors (Lipinski definition) is 3. The molecule has 10 heteroatoms. The Hall–Kier alpha value is -1.05. The molecule has 1 heterocycles. The van der Waals surface area contributed by atoms with Gasteiger partial charge in [0.2, 0.25) is 5.91 Å². The molecule has 0 spiro atoms. The van der Waals surface area contributed by atoms with Crippen LogP contribution in [0.3, 0.4) is 0 Å². The molecular weight excluding hydrogens is 476 g/mol. The third-order valence-corrected chi connectivity index (χ3v) is 5.17. The van der Waals surface area contributed by atoms with Crippen LogP contribution in [-0.2, 0) is 4.79 Å². The highest BCUT2D eigenvalue weighted by molar-refractivity contribution is 9.10. The molecule has 1 aromatic heterocycles. The van der Waals surface area contributed by atoms with Gasteiger partial charge in [0.15, 0.2) is 0 Å². The molecular formula is C15H10BrCl4N3O2. The molecule has 0 atom stereocenters. The number of carbonyl (C=O) groups excluding carboxylic acids is 2. The summed E-state index contributed by atoms with van der Waals surface area (Å²) in [6, 6.07) is 7.11. The Labute approximate surface area is 172 Å². The summed E-state index contributed by atoms with van der Waals surface area (Å²) < 4.78 is 0.905. The van der Waals surface area contributed by atoms with Gasteiger partial charge in [0.05, 0.1) is 15.1 Å². The molecule has 0 radical (unpaired) electrons. The highest BCUT2D eigenvalue weighted by atomic mass is 79.9. The molecule has 25 heavy (non-hydrogen) atoms. The van der Waals surface area contributed by atoms with Gasteiger partial charge >= 0.3 is 0 Å². The van der Waals surface area contributed by atoms with E-state index in [1.54, 1.807) is 24.3 Å². The second-order valence-corrected chi connectivity index (χ2v) is 7.16. The average Bonchev–Trinajstić information content (AvgIpc) is 2.58. The van der Waals surface area contributed by atoms with Crippen molar-refractivity contribution >= 4 is 79.8 Å². The number of benzene rings is 1. The zero-order valence-electron chi connectivity index (χ0n) is 12.4. The Morgan fingerprint density at radius 2 is 1.64 bits per heavy atom. The van der Waals surface area contributed by atoms with Crippen LogP contribution in [0.25, 0.3) is 0 Å². The van der Waals surface area contributed by atoms with Gasteiger partial charge in [0, 0.05) is 23.1 Å². The molecule has 5 nitrogen and oxygen atoms in total. The van der Waals surface area contributed by atoms with Gasteiger partial charge in [-0.1, -0.05) is 62.3 Å². The Bertz CT molecular complexity index is 815. The van der Waals surface area contributed by atoms with E-state index in [9.17, 15) is 9.59 Å². The van der Waals surface area contributed by atoms with E-state index in [0.717, 1.165) is 4.47 Å². The minimum atomic E-state index is -0.609. The van der Waals surface area contributed by atoms with Crippen LogP contribution in [0.4, 0.5) is 5.69 Å². The van der Waals surface area contributed by atoms with E-state index in [4.69, 9.17) is 46.4 Å². The number of halogens is 5. The van der Waals surface area contributed by atoms with Crippen molar-refractivity contribution in [3.05, 3.63) is 54.7 Å². The monoisotopic (exact) mass is 483 g/mol. The molecule has 0 saturated carbocycles. The standard InChI is InChI=1S/C15H10BrCl4N3O2/c16-7-1-3-8(4-2-7)22-9(24)5-6-21-15(25)13-11(18)10(17)12(19)14(20)23-13/h1-4H,5-6H2,(H,21,25)(H,22,24). The maximum absolute atomic E-state index is 12.1. The van der Waals surface area contributed by atoms with Gasteiger partial charge in [-0.25, -0.2) is 4.98 Å². The van der Waals surface area contributed by atoms with E-state index in [0.29, 0.717) is 5.69 Å². The predicted octanol–water partition coefficient (Wildman–Crippen LogP) is 5.22. The number of anilines is 1. The van der Waals surface area contributed by atoms with Crippen molar-refractivity contribution in [1.82, 2.24) is 10.3 Å². The summed E-state index contributed by atoms with van der Waals surface area (Å²) in [5.74, 6) is -0.865. The van der Waals surface area contributed by atoms with Gasteiger partial charge in [-0.05, 0) is 24.3 Å². The minimum absolute atomic E-state index is 0.0289. The zero-order valence-corrected chi connectivity index (χ0v) is 17.0. The zero-order chi connectivity index (χ0) is 18.6. The van der Waals surface area contributed by atoms with Crippen molar-refractivity contribution in [3.63, 3.8) is 0 Å². The van der Waals surface area contributed by atoms with Crippen LogP contribution in [0, 0.1) is 0 Å². The smallest absolute Gasteiger partial charge is 0.271 e. The van der Waals surface area contributed by atoms with E-state index in [1.165, 1.54) is 0 Å². The van der Waals surface area contributed by atoms with Crippen LogP contribution in [-0.4, -0.2) is 23.3 Å². The van der Waals surface area contributed by atoms with Crippen molar-refractivity contribution in [2.24, 2.45) is 0 Å². The highest BCUT2D eigenvalue weighted by Gasteiger charge is 2.20. The topological polar surface area (TPSA) is 71.1 Å². The van der Waals surface area contributed by atoms with Crippen LogP contribution >= 0.6 is 62.3 Å². The lowest BCUT2D eigenvalue weighted by Crippen LogP contribution is -2.28. The number of carbonyl (C=O) groups is 2. The van der Waals surface area contributed by atoms with Crippen LogP contribution in [0.2, 0.25) is 20.2 Å². The first-order valence-electron chi connectivity index (χ1n) is 6.83. The van der Waals surface area contributed by atoms with E-state index in [-0.39, 0.29) is 44.8 Å². The van der Waals surface area contributed by atoms with Crippen molar-refractivity contribution < 1.29 is 9.59 Å². The summed E-state index contributed by atoms with van der Waals surface area (Å²) in [6.45, 7) is 0.0804. The van der Waals surface area contributed by atoms with Crippen molar-refractivity contribution in [2.75, 3.05) is 11.9 Å². The van der Waals surface area contributed by atoms with Crippen molar-refractivity contribution in [1.29, 1.82) is 0 Å². The molecule has 0 fully saturated rings. The Kier molecular flexibility index (Phi) is 7.34. The summed E-state index contributed by atoms with van der Waals surface area (Å²) in [7, 11) is 0. The van der Waals surface area contributed by atoms with Crippen LogP contribution in [0.1, 0.15) is 16.9 Å². The molecule has 0 unspecified atom stereocenters. The molecule has 2 rings (SSSR count). The molecule has 2 aromatic rings. The Balaban J connectivity index is 1.90. The third kappa shape index (κ3) is 5.46. The quantitative estimate of drug-likeness (QED) is 0.571. The van der Waals surface area contributed by atoms with E-state index >= 15 is 0 Å². The summed E-state index contributed by atoms with van der Waals surface area (Å²) in [5.41, 5.74) is 0.495. The number of aromatic nitrogens is 1. The molecule has 0 bridgehead atoms.